The van der Waals surface area contributed by atoms with E-state index in [0.717, 1.165) is 44.3 Å². The summed E-state index contributed by atoms with van der Waals surface area (Å²) in [5.41, 5.74) is 1.16. The van der Waals surface area contributed by atoms with Crippen LogP contribution >= 0.6 is 0 Å². The van der Waals surface area contributed by atoms with Gasteiger partial charge in [-0.1, -0.05) is 19.1 Å². The fourth-order valence-corrected chi connectivity index (χ4v) is 4.36. The molecule has 2 aromatic rings. The van der Waals surface area contributed by atoms with E-state index in [-0.39, 0.29) is 17.2 Å². The van der Waals surface area contributed by atoms with Crippen LogP contribution in [-0.2, 0) is 4.79 Å². The van der Waals surface area contributed by atoms with Gasteiger partial charge in [-0.25, -0.2) is 4.98 Å². The van der Waals surface area contributed by atoms with E-state index in [2.05, 4.69) is 22.1 Å². The van der Waals surface area contributed by atoms with Gasteiger partial charge in [0, 0.05) is 37.3 Å². The zero-order chi connectivity index (χ0) is 18.9. The fourth-order valence-electron chi connectivity index (χ4n) is 4.36. The molecule has 27 heavy (non-hydrogen) atoms. The number of piperidine rings is 1. The molecule has 1 atom stereocenters. The minimum Gasteiger partial charge on any atom is -0.342 e. The van der Waals surface area contributed by atoms with Crippen LogP contribution in [0.15, 0.2) is 30.6 Å². The summed E-state index contributed by atoms with van der Waals surface area (Å²) in [5.74, 6) is 0.918. The molecular weight excluding hydrogens is 342 g/mol. The molecule has 7 nitrogen and oxygen atoms in total. The van der Waals surface area contributed by atoms with Crippen molar-refractivity contribution in [2.45, 2.75) is 32.6 Å². The Labute approximate surface area is 158 Å². The zero-order valence-electron chi connectivity index (χ0n) is 15.6. The quantitative estimate of drug-likeness (QED) is 0.899. The number of nitrogens with one attached hydrogen (secondary N) is 1. The van der Waals surface area contributed by atoms with E-state index in [4.69, 9.17) is 0 Å². The Bertz CT molecular complexity index is 815. The molecule has 0 aliphatic carbocycles. The van der Waals surface area contributed by atoms with Crippen molar-refractivity contribution in [3.8, 4) is 11.4 Å². The van der Waals surface area contributed by atoms with Crippen LogP contribution in [0, 0.1) is 5.41 Å². The maximum atomic E-state index is 13.0. The van der Waals surface area contributed by atoms with E-state index in [0.29, 0.717) is 24.5 Å². The van der Waals surface area contributed by atoms with Crippen molar-refractivity contribution in [1.82, 2.24) is 25.0 Å². The maximum Gasteiger partial charge on any atom is 0.253 e. The average molecular weight is 367 g/mol. The number of hydrogen-bond donors (Lipinski definition) is 1. The molecule has 0 unspecified atom stereocenters. The molecule has 3 heterocycles. The summed E-state index contributed by atoms with van der Waals surface area (Å²) in [6, 6.07) is 7.37. The predicted molar refractivity (Wildman–Crippen MR) is 101 cm³/mol. The van der Waals surface area contributed by atoms with Crippen molar-refractivity contribution in [3.05, 3.63) is 36.2 Å². The lowest BCUT2D eigenvalue weighted by Gasteiger charge is -2.39. The number of nitrogens with zero attached hydrogens (tertiary/aromatic N) is 4. The van der Waals surface area contributed by atoms with Gasteiger partial charge in [-0.2, -0.15) is 5.10 Å². The molecule has 142 valence electrons. The summed E-state index contributed by atoms with van der Waals surface area (Å²) in [5, 5.41) is 6.66. The van der Waals surface area contributed by atoms with Crippen molar-refractivity contribution in [2.75, 3.05) is 26.2 Å². The normalized spacial score (nSPS) is 22.6. The van der Waals surface area contributed by atoms with Crippen molar-refractivity contribution >= 4 is 11.8 Å². The van der Waals surface area contributed by atoms with E-state index in [1.54, 1.807) is 0 Å². The van der Waals surface area contributed by atoms with E-state index in [1.165, 1.54) is 6.33 Å². The third-order valence-electron chi connectivity index (χ3n) is 5.78. The summed E-state index contributed by atoms with van der Waals surface area (Å²) >= 11 is 0. The van der Waals surface area contributed by atoms with Crippen molar-refractivity contribution in [2.24, 2.45) is 5.41 Å². The lowest BCUT2D eigenvalue weighted by atomic mass is 9.78. The Kier molecular flexibility index (Phi) is 4.68. The highest BCUT2D eigenvalue weighted by Crippen LogP contribution is 2.40. The Morgan fingerprint density at radius 2 is 2.04 bits per heavy atom. The third-order valence-corrected chi connectivity index (χ3v) is 5.78. The fraction of sp³-hybridized carbons (Fsp3) is 0.500. The number of aromatic amines is 1. The first-order valence-corrected chi connectivity index (χ1v) is 9.67. The smallest absolute Gasteiger partial charge is 0.253 e. The molecule has 2 amide bonds. The molecule has 0 radical (unpaired) electrons. The van der Waals surface area contributed by atoms with Gasteiger partial charge in [0.15, 0.2) is 5.82 Å². The zero-order valence-corrected chi connectivity index (χ0v) is 15.6. The summed E-state index contributed by atoms with van der Waals surface area (Å²) in [6.07, 6.45) is 5.12. The van der Waals surface area contributed by atoms with Gasteiger partial charge in [-0.05, 0) is 37.8 Å². The Hall–Kier alpha value is -2.70. The molecule has 1 spiro atoms. The number of amides is 2. The van der Waals surface area contributed by atoms with Crippen LogP contribution in [0.25, 0.3) is 11.4 Å². The molecular formula is C20H25N5O2. The van der Waals surface area contributed by atoms with Gasteiger partial charge in [0.1, 0.15) is 6.33 Å². The number of rotatable bonds is 4. The molecule has 4 rings (SSSR count). The lowest BCUT2D eigenvalue weighted by molar-refractivity contribution is -0.145. The Morgan fingerprint density at radius 3 is 2.74 bits per heavy atom. The first-order valence-electron chi connectivity index (χ1n) is 9.67. The molecule has 0 saturated carbocycles. The van der Waals surface area contributed by atoms with E-state index in [1.807, 2.05) is 34.1 Å². The van der Waals surface area contributed by atoms with E-state index < -0.39 is 0 Å². The van der Waals surface area contributed by atoms with Crippen molar-refractivity contribution in [1.29, 1.82) is 0 Å². The highest BCUT2D eigenvalue weighted by Gasteiger charge is 2.49. The SMILES string of the molecule is CCCN1CCC[C@@]2(CCN(C(=O)c3ccc(-c4ncn[nH]4)cc3)C2)C1=O. The van der Waals surface area contributed by atoms with Gasteiger partial charge in [0.2, 0.25) is 5.91 Å². The number of aromatic nitrogens is 3. The highest BCUT2D eigenvalue weighted by atomic mass is 16.2. The predicted octanol–water partition coefficient (Wildman–Crippen LogP) is 2.34. The minimum absolute atomic E-state index is 0.00332. The average Bonchev–Trinajstić information content (AvgIpc) is 3.37. The van der Waals surface area contributed by atoms with Crippen molar-refractivity contribution < 1.29 is 9.59 Å². The van der Waals surface area contributed by atoms with E-state index >= 15 is 0 Å². The number of H-pyrrole nitrogens is 1. The van der Waals surface area contributed by atoms with Crippen molar-refractivity contribution in [3.63, 3.8) is 0 Å². The first kappa shape index (κ1) is 17.7. The number of hydrogen-bond acceptors (Lipinski definition) is 4. The van der Waals surface area contributed by atoms with Crippen LogP contribution in [0.5, 0.6) is 0 Å². The largest absolute Gasteiger partial charge is 0.342 e. The topological polar surface area (TPSA) is 82.2 Å². The molecule has 1 aromatic heterocycles. The second-order valence-corrected chi connectivity index (χ2v) is 7.56. The van der Waals surface area contributed by atoms with E-state index in [9.17, 15) is 9.59 Å². The maximum absolute atomic E-state index is 13.0. The summed E-state index contributed by atoms with van der Waals surface area (Å²) < 4.78 is 0. The number of carbonyl (C=O) groups excluding carboxylic acids is 2. The van der Waals surface area contributed by atoms with Gasteiger partial charge in [0.25, 0.3) is 5.91 Å². The van der Waals surface area contributed by atoms with Gasteiger partial charge < -0.3 is 9.80 Å². The highest BCUT2D eigenvalue weighted by molar-refractivity contribution is 5.96. The number of likely N-dealkylation sites (tertiary alicyclic amines) is 2. The summed E-state index contributed by atoms with van der Waals surface area (Å²) in [6.45, 7) is 4.95. The second-order valence-electron chi connectivity index (χ2n) is 7.56. The van der Waals surface area contributed by atoms with Gasteiger partial charge in [0.05, 0.1) is 5.41 Å². The van der Waals surface area contributed by atoms with Crippen LogP contribution < -0.4 is 0 Å². The third kappa shape index (κ3) is 3.22. The standard InChI is InChI=1S/C20H25N5O2/c1-2-10-24-11-3-8-20(19(24)27)9-12-25(13-20)18(26)16-6-4-15(5-7-16)17-21-14-22-23-17/h4-7,14H,2-3,8-13H2,1H3,(H,21,22,23)/t20-/m0/s1. The monoisotopic (exact) mass is 367 g/mol. The van der Waals surface area contributed by atoms with Crippen LogP contribution in [0.3, 0.4) is 0 Å². The summed E-state index contributed by atoms with van der Waals surface area (Å²) in [7, 11) is 0. The number of carbonyl (C=O) groups is 2. The second kappa shape index (κ2) is 7.13. The Morgan fingerprint density at radius 1 is 1.22 bits per heavy atom. The number of benzene rings is 1. The van der Waals surface area contributed by atoms with Crippen LogP contribution in [-0.4, -0.2) is 63.0 Å². The first-order chi connectivity index (χ1) is 13.1. The molecule has 7 heteroatoms. The van der Waals surface area contributed by atoms with Crippen LogP contribution in [0.2, 0.25) is 0 Å². The molecule has 1 aromatic carbocycles. The van der Waals surface area contributed by atoms with Gasteiger partial charge in [-0.15, -0.1) is 0 Å². The van der Waals surface area contributed by atoms with Gasteiger partial charge in [-0.3, -0.25) is 14.7 Å². The van der Waals surface area contributed by atoms with Crippen LogP contribution in [0.1, 0.15) is 43.0 Å². The molecule has 2 saturated heterocycles. The molecule has 1 N–H and O–H groups in total. The molecule has 2 fully saturated rings. The lowest BCUT2D eigenvalue weighted by Crippen LogP contribution is -2.50. The Balaban J connectivity index is 1.47. The summed E-state index contributed by atoms with van der Waals surface area (Å²) in [4.78, 5) is 33.9. The molecule has 0 bridgehead atoms. The molecule has 2 aliphatic heterocycles. The van der Waals surface area contributed by atoms with Gasteiger partial charge >= 0.3 is 0 Å². The minimum atomic E-state index is -0.372. The molecule has 2 aliphatic rings. The van der Waals surface area contributed by atoms with Crippen LogP contribution in [0.4, 0.5) is 0 Å².